The van der Waals surface area contributed by atoms with Crippen LogP contribution in [0.2, 0.25) is 0 Å². The third-order valence-corrected chi connectivity index (χ3v) is 2.23. The standard InChI is InChI=1S/C10H11F.C3H2O3/c1-3-9-7-5-6-8-10(9,11)4-2;4-3-5-1-2-6-3/h3-7H,1-2,8H2;1-2H. The van der Waals surface area contributed by atoms with Gasteiger partial charge >= 0.3 is 5.82 Å². The van der Waals surface area contributed by atoms with Gasteiger partial charge in [0.1, 0.15) is 12.5 Å². The van der Waals surface area contributed by atoms with Crippen LogP contribution in [0.15, 0.2) is 75.3 Å². The van der Waals surface area contributed by atoms with E-state index in [4.69, 9.17) is 0 Å². The summed E-state index contributed by atoms with van der Waals surface area (Å²) in [6.45, 7) is 6.99. The van der Waals surface area contributed by atoms with Crippen molar-refractivity contribution >= 4 is 0 Å². The molecule has 0 radical (unpaired) electrons. The summed E-state index contributed by atoms with van der Waals surface area (Å²) in [5.41, 5.74) is -0.800. The first-order valence-electron chi connectivity index (χ1n) is 4.97. The zero-order valence-corrected chi connectivity index (χ0v) is 9.27. The molecule has 1 heterocycles. The lowest BCUT2D eigenvalue weighted by Gasteiger charge is -2.23. The zero-order chi connectivity index (χ0) is 12.7. The predicted octanol–water partition coefficient (Wildman–Crippen LogP) is 3.19. The molecule has 0 aromatic carbocycles. The van der Waals surface area contributed by atoms with E-state index in [1.165, 1.54) is 24.7 Å². The summed E-state index contributed by atoms with van der Waals surface area (Å²) in [6, 6.07) is 0. The molecule has 3 nitrogen and oxygen atoms in total. The van der Waals surface area contributed by atoms with Crippen molar-refractivity contribution in [3.8, 4) is 0 Å². The van der Waals surface area contributed by atoms with Crippen LogP contribution in [0.4, 0.5) is 4.39 Å². The van der Waals surface area contributed by atoms with E-state index in [1.54, 1.807) is 12.2 Å². The maximum atomic E-state index is 13.7. The molecule has 1 aliphatic rings. The van der Waals surface area contributed by atoms with Crippen molar-refractivity contribution in [1.29, 1.82) is 0 Å². The van der Waals surface area contributed by atoms with Gasteiger partial charge < -0.3 is 8.83 Å². The SMILES string of the molecule is C=CC1=CC=CCC1(F)C=C.O=c1occo1. The average Bonchev–Trinajstić information content (AvgIpc) is 2.82. The summed E-state index contributed by atoms with van der Waals surface area (Å²) in [5, 5.41) is 0. The molecule has 0 bridgehead atoms. The summed E-state index contributed by atoms with van der Waals surface area (Å²) >= 11 is 0. The minimum atomic E-state index is -1.39. The van der Waals surface area contributed by atoms with Gasteiger partial charge in [-0.2, -0.15) is 0 Å². The Hall–Kier alpha value is -2.10. The van der Waals surface area contributed by atoms with Gasteiger partial charge in [0, 0.05) is 6.42 Å². The fraction of sp³-hybridized carbons (Fsp3) is 0.154. The van der Waals surface area contributed by atoms with Crippen molar-refractivity contribution in [3.63, 3.8) is 0 Å². The van der Waals surface area contributed by atoms with Crippen LogP contribution in [0.3, 0.4) is 0 Å². The van der Waals surface area contributed by atoms with Crippen molar-refractivity contribution in [2.24, 2.45) is 0 Å². The fourth-order valence-corrected chi connectivity index (χ4v) is 1.30. The molecule has 1 aromatic rings. The summed E-state index contributed by atoms with van der Waals surface area (Å²) < 4.78 is 21.9. The smallest absolute Gasteiger partial charge is 0.399 e. The average molecular weight is 236 g/mol. The fourth-order valence-electron chi connectivity index (χ4n) is 1.30. The quantitative estimate of drug-likeness (QED) is 0.740. The second-order valence-corrected chi connectivity index (χ2v) is 3.28. The van der Waals surface area contributed by atoms with E-state index in [9.17, 15) is 9.18 Å². The Bertz CT molecular complexity index is 476. The van der Waals surface area contributed by atoms with Crippen LogP contribution < -0.4 is 5.82 Å². The van der Waals surface area contributed by atoms with Crippen LogP contribution in [0.1, 0.15) is 6.42 Å². The van der Waals surface area contributed by atoms with Gasteiger partial charge in [-0.25, -0.2) is 9.18 Å². The second kappa shape index (κ2) is 5.84. The summed E-state index contributed by atoms with van der Waals surface area (Å²) in [6.07, 6.45) is 10.9. The lowest BCUT2D eigenvalue weighted by Crippen LogP contribution is -2.22. The molecule has 17 heavy (non-hydrogen) atoms. The van der Waals surface area contributed by atoms with Gasteiger partial charge in [-0.3, -0.25) is 0 Å². The highest BCUT2D eigenvalue weighted by atomic mass is 19.1. The Morgan fingerprint density at radius 2 is 2.00 bits per heavy atom. The first kappa shape index (κ1) is 13.0. The lowest BCUT2D eigenvalue weighted by atomic mass is 9.88. The number of halogens is 1. The molecule has 1 unspecified atom stereocenters. The van der Waals surface area contributed by atoms with E-state index in [1.807, 2.05) is 6.08 Å². The van der Waals surface area contributed by atoms with E-state index in [0.717, 1.165) is 0 Å². The monoisotopic (exact) mass is 236 g/mol. The molecule has 0 saturated heterocycles. The van der Waals surface area contributed by atoms with Crippen LogP contribution in [0.5, 0.6) is 0 Å². The minimum Gasteiger partial charge on any atom is -0.399 e. The predicted molar refractivity (Wildman–Crippen MR) is 63.3 cm³/mol. The molecule has 0 amide bonds. The van der Waals surface area contributed by atoms with Crippen LogP contribution in [-0.2, 0) is 0 Å². The molecule has 4 heteroatoms. The van der Waals surface area contributed by atoms with Gasteiger partial charge in [-0.1, -0.05) is 37.5 Å². The van der Waals surface area contributed by atoms with E-state index in [0.29, 0.717) is 12.0 Å². The first-order valence-corrected chi connectivity index (χ1v) is 4.97. The molecule has 1 atom stereocenters. The van der Waals surface area contributed by atoms with E-state index in [-0.39, 0.29) is 0 Å². The van der Waals surface area contributed by atoms with Crippen molar-refractivity contribution in [2.45, 2.75) is 12.1 Å². The number of alkyl halides is 1. The number of rotatable bonds is 2. The molecule has 0 fully saturated rings. The molecule has 1 aliphatic carbocycles. The van der Waals surface area contributed by atoms with Gasteiger partial charge in [-0.05, 0) is 11.6 Å². The van der Waals surface area contributed by atoms with Crippen molar-refractivity contribution in [2.75, 3.05) is 0 Å². The number of hydrogen-bond donors (Lipinski definition) is 0. The molecule has 0 spiro atoms. The van der Waals surface area contributed by atoms with Gasteiger partial charge in [0.05, 0.1) is 0 Å². The van der Waals surface area contributed by atoms with Gasteiger partial charge in [0.15, 0.2) is 5.67 Å². The summed E-state index contributed by atoms with van der Waals surface area (Å²) in [4.78, 5) is 9.74. The Morgan fingerprint density at radius 1 is 1.35 bits per heavy atom. The first-order chi connectivity index (χ1) is 8.12. The van der Waals surface area contributed by atoms with Gasteiger partial charge in [0.25, 0.3) is 0 Å². The largest absolute Gasteiger partial charge is 0.518 e. The molecule has 0 saturated carbocycles. The maximum absolute atomic E-state index is 13.7. The molecule has 1 aromatic heterocycles. The Balaban J connectivity index is 0.000000202. The molecule has 2 rings (SSSR count). The molecular weight excluding hydrogens is 223 g/mol. The summed E-state index contributed by atoms with van der Waals surface area (Å²) in [7, 11) is 0. The van der Waals surface area contributed by atoms with Gasteiger partial charge in [0.2, 0.25) is 0 Å². The van der Waals surface area contributed by atoms with E-state index >= 15 is 0 Å². The molecule has 90 valence electrons. The topological polar surface area (TPSA) is 43.4 Å². The number of allylic oxidation sites excluding steroid dienone is 6. The molecular formula is C13H13FO3. The van der Waals surface area contributed by atoms with Crippen LogP contribution in [0.25, 0.3) is 0 Å². The summed E-state index contributed by atoms with van der Waals surface area (Å²) in [5.74, 6) is -0.657. The highest BCUT2D eigenvalue weighted by Gasteiger charge is 2.28. The normalized spacial score (nSPS) is 22.1. The lowest BCUT2D eigenvalue weighted by molar-refractivity contribution is 0.287. The third-order valence-electron chi connectivity index (χ3n) is 2.23. The maximum Gasteiger partial charge on any atom is 0.518 e. The molecule has 0 N–H and O–H groups in total. The Labute approximate surface area is 98.2 Å². The Kier molecular flexibility index (Phi) is 4.46. The zero-order valence-electron chi connectivity index (χ0n) is 9.27. The minimum absolute atomic E-state index is 0.369. The second-order valence-electron chi connectivity index (χ2n) is 3.28. The van der Waals surface area contributed by atoms with Crippen molar-refractivity contribution in [3.05, 3.63) is 72.3 Å². The highest BCUT2D eigenvalue weighted by Crippen LogP contribution is 2.31. The van der Waals surface area contributed by atoms with E-state index < -0.39 is 11.5 Å². The Morgan fingerprint density at radius 3 is 2.35 bits per heavy atom. The van der Waals surface area contributed by atoms with Crippen LogP contribution >= 0.6 is 0 Å². The van der Waals surface area contributed by atoms with Crippen LogP contribution in [-0.4, -0.2) is 5.67 Å². The third kappa shape index (κ3) is 3.45. The van der Waals surface area contributed by atoms with Crippen LogP contribution in [0, 0.1) is 0 Å². The van der Waals surface area contributed by atoms with Gasteiger partial charge in [-0.15, -0.1) is 0 Å². The van der Waals surface area contributed by atoms with E-state index in [2.05, 4.69) is 22.0 Å². The van der Waals surface area contributed by atoms with Crippen molar-refractivity contribution in [1.82, 2.24) is 0 Å². The molecule has 0 aliphatic heterocycles. The highest BCUT2D eigenvalue weighted by molar-refractivity contribution is 5.39. The number of hydrogen-bond acceptors (Lipinski definition) is 3. The van der Waals surface area contributed by atoms with Crippen molar-refractivity contribution < 1.29 is 13.2 Å².